The Morgan fingerprint density at radius 3 is 1.74 bits per heavy atom. The smallest absolute Gasteiger partial charge is 0.250 e. The predicted molar refractivity (Wildman–Crippen MR) is 94.1 cm³/mol. The molecule has 3 aromatic rings. The highest BCUT2D eigenvalue weighted by Crippen LogP contribution is 2.35. The van der Waals surface area contributed by atoms with Crippen LogP contribution in [0, 0.1) is 0 Å². The van der Waals surface area contributed by atoms with Crippen molar-refractivity contribution in [2.24, 2.45) is 5.73 Å². The van der Waals surface area contributed by atoms with Crippen LogP contribution in [0.25, 0.3) is 0 Å². The van der Waals surface area contributed by atoms with Gasteiger partial charge in [0.05, 0.1) is 5.56 Å². The summed E-state index contributed by atoms with van der Waals surface area (Å²) in [7, 11) is 0. The number of anilines is 4. The van der Waals surface area contributed by atoms with Crippen molar-refractivity contribution in [2.45, 2.75) is 0 Å². The molecule has 0 unspecified atom stereocenters. The van der Waals surface area contributed by atoms with Crippen molar-refractivity contribution in [3.05, 3.63) is 84.4 Å². The summed E-state index contributed by atoms with van der Waals surface area (Å²) in [4.78, 5) is 13.6. The molecule has 3 aromatic carbocycles. The summed E-state index contributed by atoms with van der Waals surface area (Å²) >= 11 is 0. The zero-order chi connectivity index (χ0) is 16.2. The average molecular weight is 303 g/mol. The molecule has 1 amide bonds. The van der Waals surface area contributed by atoms with Crippen molar-refractivity contribution in [3.8, 4) is 0 Å². The van der Waals surface area contributed by atoms with Crippen LogP contribution >= 0.6 is 0 Å². The number of hydrogen-bond acceptors (Lipinski definition) is 3. The van der Waals surface area contributed by atoms with Gasteiger partial charge in [0, 0.05) is 22.7 Å². The molecule has 0 fully saturated rings. The first-order valence-corrected chi connectivity index (χ1v) is 7.26. The summed E-state index contributed by atoms with van der Waals surface area (Å²) in [5, 5.41) is 0. The summed E-state index contributed by atoms with van der Waals surface area (Å²) in [6, 6.07) is 25.1. The molecule has 0 bridgehead atoms. The first-order chi connectivity index (χ1) is 11.2. The van der Waals surface area contributed by atoms with Crippen molar-refractivity contribution in [2.75, 3.05) is 10.6 Å². The monoisotopic (exact) mass is 303 g/mol. The second-order valence-corrected chi connectivity index (χ2v) is 5.14. The summed E-state index contributed by atoms with van der Waals surface area (Å²) in [5.74, 6) is -0.537. The largest absolute Gasteiger partial charge is 0.398 e. The van der Waals surface area contributed by atoms with Crippen LogP contribution in [0.5, 0.6) is 0 Å². The second kappa shape index (κ2) is 6.23. The van der Waals surface area contributed by atoms with Crippen LogP contribution in [0.4, 0.5) is 22.7 Å². The topological polar surface area (TPSA) is 72.4 Å². The number of nitrogen functional groups attached to an aromatic ring is 1. The average Bonchev–Trinajstić information content (AvgIpc) is 2.58. The van der Waals surface area contributed by atoms with Crippen LogP contribution in [0.1, 0.15) is 10.4 Å². The molecule has 0 aliphatic rings. The van der Waals surface area contributed by atoms with Gasteiger partial charge in [0.2, 0.25) is 0 Å². The number of nitrogens with two attached hydrogens (primary N) is 2. The molecule has 3 rings (SSSR count). The maximum Gasteiger partial charge on any atom is 0.250 e. The molecule has 114 valence electrons. The molecule has 0 atom stereocenters. The summed E-state index contributed by atoms with van der Waals surface area (Å²) in [6.07, 6.45) is 0. The molecule has 0 saturated heterocycles. The first kappa shape index (κ1) is 14.7. The zero-order valence-electron chi connectivity index (χ0n) is 12.5. The van der Waals surface area contributed by atoms with E-state index < -0.39 is 5.91 Å². The van der Waals surface area contributed by atoms with Gasteiger partial charge in [-0.3, -0.25) is 4.79 Å². The van der Waals surface area contributed by atoms with E-state index >= 15 is 0 Å². The molecule has 4 nitrogen and oxygen atoms in total. The molecule has 0 aliphatic heterocycles. The number of nitrogens with zero attached hydrogens (tertiary/aromatic N) is 1. The second-order valence-electron chi connectivity index (χ2n) is 5.14. The molecule has 4 N–H and O–H groups in total. The number of para-hydroxylation sites is 2. The maximum absolute atomic E-state index is 11.6. The van der Waals surface area contributed by atoms with Crippen molar-refractivity contribution >= 4 is 28.7 Å². The van der Waals surface area contributed by atoms with Gasteiger partial charge in [-0.05, 0) is 42.5 Å². The highest BCUT2D eigenvalue weighted by molar-refractivity contribution is 5.99. The highest BCUT2D eigenvalue weighted by atomic mass is 16.1. The van der Waals surface area contributed by atoms with E-state index in [1.165, 1.54) is 0 Å². The summed E-state index contributed by atoms with van der Waals surface area (Å²) < 4.78 is 0. The normalized spacial score (nSPS) is 10.3. The van der Waals surface area contributed by atoms with Crippen LogP contribution in [0.2, 0.25) is 0 Å². The standard InChI is InChI=1S/C19H17N3O/c20-18-12-11-16(13-17(18)19(21)23)22(14-7-3-1-4-8-14)15-9-5-2-6-10-15/h1-13H,20H2,(H2,21,23). The van der Waals surface area contributed by atoms with Crippen LogP contribution in [-0.2, 0) is 0 Å². The van der Waals surface area contributed by atoms with Crippen LogP contribution < -0.4 is 16.4 Å². The number of carbonyl (C=O) groups is 1. The Morgan fingerprint density at radius 2 is 1.26 bits per heavy atom. The molecular weight excluding hydrogens is 286 g/mol. The molecule has 4 heteroatoms. The number of benzene rings is 3. The predicted octanol–water partition coefficient (Wildman–Crippen LogP) is 3.84. The van der Waals surface area contributed by atoms with E-state index in [2.05, 4.69) is 0 Å². The molecule has 0 spiro atoms. The number of amides is 1. The molecule has 0 saturated carbocycles. The highest BCUT2D eigenvalue weighted by Gasteiger charge is 2.14. The van der Waals surface area contributed by atoms with Crippen molar-refractivity contribution in [1.29, 1.82) is 0 Å². The lowest BCUT2D eigenvalue weighted by Gasteiger charge is -2.26. The van der Waals surface area contributed by atoms with Crippen LogP contribution in [0.15, 0.2) is 78.9 Å². The van der Waals surface area contributed by atoms with E-state index in [0.29, 0.717) is 11.3 Å². The number of hydrogen-bond donors (Lipinski definition) is 2. The molecule has 23 heavy (non-hydrogen) atoms. The lowest BCUT2D eigenvalue weighted by atomic mass is 10.1. The fraction of sp³-hybridized carbons (Fsp3) is 0. The van der Waals surface area contributed by atoms with Gasteiger partial charge in [-0.25, -0.2) is 0 Å². The minimum Gasteiger partial charge on any atom is -0.398 e. The van der Waals surface area contributed by atoms with E-state index in [1.54, 1.807) is 12.1 Å². The Balaban J connectivity index is 2.17. The third-order valence-electron chi connectivity index (χ3n) is 3.59. The van der Waals surface area contributed by atoms with Crippen LogP contribution in [-0.4, -0.2) is 5.91 Å². The molecule has 0 aliphatic carbocycles. The van der Waals surface area contributed by atoms with E-state index in [0.717, 1.165) is 17.1 Å². The van der Waals surface area contributed by atoms with Gasteiger partial charge in [0.1, 0.15) is 0 Å². The SMILES string of the molecule is NC(=O)c1cc(N(c2ccccc2)c2ccccc2)ccc1N. The summed E-state index contributed by atoms with van der Waals surface area (Å²) in [6.45, 7) is 0. The van der Waals surface area contributed by atoms with E-state index in [4.69, 9.17) is 11.5 Å². The van der Waals surface area contributed by atoms with Gasteiger partial charge in [-0.15, -0.1) is 0 Å². The Labute approximate surface area is 135 Å². The van der Waals surface area contributed by atoms with Gasteiger partial charge >= 0.3 is 0 Å². The Hall–Kier alpha value is -3.27. The number of rotatable bonds is 4. The first-order valence-electron chi connectivity index (χ1n) is 7.26. The Morgan fingerprint density at radius 1 is 0.739 bits per heavy atom. The quantitative estimate of drug-likeness (QED) is 0.719. The Bertz CT molecular complexity index is 777. The maximum atomic E-state index is 11.6. The van der Waals surface area contributed by atoms with E-state index in [-0.39, 0.29) is 0 Å². The van der Waals surface area contributed by atoms with E-state index in [1.807, 2.05) is 71.6 Å². The van der Waals surface area contributed by atoms with Crippen molar-refractivity contribution < 1.29 is 4.79 Å². The fourth-order valence-corrected chi connectivity index (χ4v) is 2.50. The molecule has 0 heterocycles. The molecule has 0 radical (unpaired) electrons. The fourth-order valence-electron chi connectivity index (χ4n) is 2.50. The minimum atomic E-state index is -0.537. The van der Waals surface area contributed by atoms with Gasteiger partial charge in [0.15, 0.2) is 0 Å². The van der Waals surface area contributed by atoms with Gasteiger partial charge < -0.3 is 16.4 Å². The van der Waals surface area contributed by atoms with Crippen LogP contribution in [0.3, 0.4) is 0 Å². The van der Waals surface area contributed by atoms with Gasteiger partial charge in [-0.2, -0.15) is 0 Å². The minimum absolute atomic E-state index is 0.319. The Kier molecular flexibility index (Phi) is 3.97. The lowest BCUT2D eigenvalue weighted by Crippen LogP contribution is -2.16. The third kappa shape index (κ3) is 3.01. The zero-order valence-corrected chi connectivity index (χ0v) is 12.5. The summed E-state index contributed by atoms with van der Waals surface area (Å²) in [5.41, 5.74) is 14.8. The number of carbonyl (C=O) groups excluding carboxylic acids is 1. The van der Waals surface area contributed by atoms with Gasteiger partial charge in [0.25, 0.3) is 5.91 Å². The molecule has 0 aromatic heterocycles. The lowest BCUT2D eigenvalue weighted by molar-refractivity contribution is 0.100. The van der Waals surface area contributed by atoms with E-state index in [9.17, 15) is 4.79 Å². The van der Waals surface area contributed by atoms with Crippen molar-refractivity contribution in [3.63, 3.8) is 0 Å². The van der Waals surface area contributed by atoms with Crippen molar-refractivity contribution in [1.82, 2.24) is 0 Å². The van der Waals surface area contributed by atoms with Gasteiger partial charge in [-0.1, -0.05) is 36.4 Å². The number of primary amides is 1. The molecular formula is C19H17N3O. The third-order valence-corrected chi connectivity index (χ3v) is 3.59.